The van der Waals surface area contributed by atoms with Crippen LogP contribution in [0.1, 0.15) is 0 Å². The summed E-state index contributed by atoms with van der Waals surface area (Å²) in [5.41, 5.74) is 0.637. The molecule has 0 saturated heterocycles. The predicted octanol–water partition coefficient (Wildman–Crippen LogP) is 2.87. The lowest BCUT2D eigenvalue weighted by Crippen LogP contribution is -1.95. The van der Waals surface area contributed by atoms with Gasteiger partial charge in [0, 0.05) is 35.9 Å². The second kappa shape index (κ2) is 4.56. The highest BCUT2D eigenvalue weighted by Gasteiger charge is 2.13. The molecule has 0 aliphatic heterocycles. The van der Waals surface area contributed by atoms with E-state index in [9.17, 15) is 14.5 Å². The third kappa shape index (κ3) is 2.54. The molecule has 1 heterocycles. The normalized spacial score (nSPS) is 9.94. The second-order valence-electron chi connectivity index (χ2n) is 3.28. The van der Waals surface area contributed by atoms with Crippen LogP contribution < -0.4 is 5.32 Å². The monoisotopic (exact) mass is 233 g/mol. The van der Waals surface area contributed by atoms with E-state index in [4.69, 9.17) is 0 Å². The first-order valence-corrected chi connectivity index (χ1v) is 4.78. The Morgan fingerprint density at radius 3 is 2.47 bits per heavy atom. The number of benzene rings is 1. The number of nitrogens with one attached hydrogen (secondary N) is 1. The fraction of sp³-hybridized carbons (Fsp3) is 0. The molecular weight excluding hydrogens is 225 g/mol. The van der Waals surface area contributed by atoms with Gasteiger partial charge in [-0.05, 0) is 18.2 Å². The van der Waals surface area contributed by atoms with Crippen molar-refractivity contribution in [2.75, 3.05) is 5.32 Å². The summed E-state index contributed by atoms with van der Waals surface area (Å²) in [6.45, 7) is 0. The van der Waals surface area contributed by atoms with Crippen molar-refractivity contribution in [3.63, 3.8) is 0 Å². The minimum absolute atomic E-state index is 0.444. The zero-order chi connectivity index (χ0) is 12.3. The Morgan fingerprint density at radius 1 is 1.18 bits per heavy atom. The number of rotatable bonds is 3. The van der Waals surface area contributed by atoms with Gasteiger partial charge >= 0.3 is 5.69 Å². The number of aromatic nitrogens is 1. The van der Waals surface area contributed by atoms with Crippen LogP contribution in [-0.4, -0.2) is 9.91 Å². The number of nitrogens with zero attached hydrogens (tertiary/aromatic N) is 2. The van der Waals surface area contributed by atoms with Crippen LogP contribution in [0.5, 0.6) is 0 Å². The summed E-state index contributed by atoms with van der Waals surface area (Å²) >= 11 is 0. The minimum Gasteiger partial charge on any atom is -0.355 e. The lowest BCUT2D eigenvalue weighted by molar-refractivity contribution is -0.387. The maximum Gasteiger partial charge on any atom is 0.304 e. The van der Waals surface area contributed by atoms with E-state index < -0.39 is 16.4 Å². The van der Waals surface area contributed by atoms with Crippen molar-refractivity contribution in [2.45, 2.75) is 0 Å². The Kier molecular flexibility index (Phi) is 2.95. The lowest BCUT2D eigenvalue weighted by atomic mass is 10.2. The van der Waals surface area contributed by atoms with Gasteiger partial charge in [-0.25, -0.2) is 0 Å². The zero-order valence-corrected chi connectivity index (χ0v) is 8.63. The summed E-state index contributed by atoms with van der Waals surface area (Å²) in [6, 6.07) is 7.07. The van der Waals surface area contributed by atoms with Crippen molar-refractivity contribution in [3.05, 3.63) is 58.7 Å². The summed E-state index contributed by atoms with van der Waals surface area (Å²) in [5.74, 6) is -0.867. The van der Waals surface area contributed by atoms with E-state index in [1.165, 1.54) is 6.07 Å². The van der Waals surface area contributed by atoms with Crippen LogP contribution in [0.2, 0.25) is 0 Å². The molecule has 86 valence electrons. The highest BCUT2D eigenvalue weighted by Crippen LogP contribution is 2.23. The van der Waals surface area contributed by atoms with Crippen LogP contribution in [0.15, 0.2) is 42.7 Å². The largest absolute Gasteiger partial charge is 0.355 e. The van der Waals surface area contributed by atoms with E-state index in [1.54, 1.807) is 24.5 Å². The smallest absolute Gasteiger partial charge is 0.304 e. The van der Waals surface area contributed by atoms with Crippen LogP contribution in [0, 0.1) is 15.9 Å². The SMILES string of the molecule is O=[N+]([O-])c1ccc(Nc2ccncc2)cc1F. The lowest BCUT2D eigenvalue weighted by Gasteiger charge is -2.05. The van der Waals surface area contributed by atoms with Crippen molar-refractivity contribution in [3.8, 4) is 0 Å². The van der Waals surface area contributed by atoms with E-state index in [-0.39, 0.29) is 0 Å². The number of nitro groups is 1. The van der Waals surface area contributed by atoms with Gasteiger partial charge in [0.2, 0.25) is 5.82 Å². The fourth-order valence-electron chi connectivity index (χ4n) is 1.33. The van der Waals surface area contributed by atoms with Crippen LogP contribution in [0.4, 0.5) is 21.5 Å². The van der Waals surface area contributed by atoms with E-state index in [0.717, 1.165) is 17.8 Å². The number of pyridine rings is 1. The van der Waals surface area contributed by atoms with E-state index in [1.807, 2.05) is 0 Å². The molecule has 0 atom stereocenters. The summed E-state index contributed by atoms with van der Waals surface area (Å²) in [7, 11) is 0. The van der Waals surface area contributed by atoms with Crippen LogP contribution in [-0.2, 0) is 0 Å². The number of anilines is 2. The van der Waals surface area contributed by atoms with Gasteiger partial charge in [0.15, 0.2) is 0 Å². The number of hydrogen-bond donors (Lipinski definition) is 1. The Balaban J connectivity index is 2.24. The summed E-state index contributed by atoms with van der Waals surface area (Å²) < 4.78 is 13.3. The first-order valence-electron chi connectivity index (χ1n) is 4.78. The van der Waals surface area contributed by atoms with Crippen LogP contribution >= 0.6 is 0 Å². The average molecular weight is 233 g/mol. The molecule has 0 spiro atoms. The summed E-state index contributed by atoms with van der Waals surface area (Å²) in [5, 5.41) is 13.3. The van der Waals surface area contributed by atoms with Gasteiger partial charge in [-0.15, -0.1) is 0 Å². The molecule has 2 aromatic rings. The molecule has 0 unspecified atom stereocenters. The van der Waals surface area contributed by atoms with Crippen molar-refractivity contribution < 1.29 is 9.31 Å². The van der Waals surface area contributed by atoms with Crippen LogP contribution in [0.25, 0.3) is 0 Å². The van der Waals surface area contributed by atoms with E-state index in [2.05, 4.69) is 10.3 Å². The quantitative estimate of drug-likeness (QED) is 0.653. The Bertz CT molecular complexity index is 546. The predicted molar refractivity (Wildman–Crippen MR) is 60.6 cm³/mol. The molecule has 2 rings (SSSR count). The van der Waals surface area contributed by atoms with E-state index >= 15 is 0 Å². The molecule has 1 aromatic carbocycles. The number of hydrogen-bond acceptors (Lipinski definition) is 4. The third-order valence-electron chi connectivity index (χ3n) is 2.11. The summed E-state index contributed by atoms with van der Waals surface area (Å²) in [6.07, 6.45) is 3.17. The molecule has 5 nitrogen and oxygen atoms in total. The van der Waals surface area contributed by atoms with Gasteiger partial charge in [0.25, 0.3) is 0 Å². The molecule has 0 fully saturated rings. The Hall–Kier alpha value is -2.50. The molecule has 0 bridgehead atoms. The van der Waals surface area contributed by atoms with Crippen molar-refractivity contribution >= 4 is 17.1 Å². The highest BCUT2D eigenvalue weighted by atomic mass is 19.1. The average Bonchev–Trinajstić information content (AvgIpc) is 2.30. The zero-order valence-electron chi connectivity index (χ0n) is 8.63. The maximum atomic E-state index is 13.3. The molecule has 17 heavy (non-hydrogen) atoms. The van der Waals surface area contributed by atoms with Crippen molar-refractivity contribution in [2.24, 2.45) is 0 Å². The first kappa shape index (κ1) is 11.0. The summed E-state index contributed by atoms with van der Waals surface area (Å²) in [4.78, 5) is 13.5. The molecule has 0 amide bonds. The van der Waals surface area contributed by atoms with Gasteiger partial charge in [0.05, 0.1) is 4.92 Å². The van der Waals surface area contributed by atoms with Gasteiger partial charge in [-0.1, -0.05) is 0 Å². The maximum absolute atomic E-state index is 13.3. The molecule has 0 aliphatic carbocycles. The number of nitro benzene ring substituents is 1. The molecule has 0 aliphatic rings. The molecular formula is C11H8FN3O2. The first-order chi connectivity index (χ1) is 8.16. The Labute approximate surface area is 96.1 Å². The van der Waals surface area contributed by atoms with E-state index in [0.29, 0.717) is 5.69 Å². The van der Waals surface area contributed by atoms with Gasteiger partial charge in [-0.3, -0.25) is 15.1 Å². The minimum atomic E-state index is -0.867. The molecule has 1 N–H and O–H groups in total. The topological polar surface area (TPSA) is 68.1 Å². The van der Waals surface area contributed by atoms with Crippen LogP contribution in [0.3, 0.4) is 0 Å². The second-order valence-corrected chi connectivity index (χ2v) is 3.28. The van der Waals surface area contributed by atoms with Crippen molar-refractivity contribution in [1.29, 1.82) is 0 Å². The molecule has 0 saturated carbocycles. The van der Waals surface area contributed by atoms with Gasteiger partial charge in [0.1, 0.15) is 0 Å². The van der Waals surface area contributed by atoms with Crippen molar-refractivity contribution in [1.82, 2.24) is 4.98 Å². The molecule has 6 heteroatoms. The standard InChI is InChI=1S/C11H8FN3O2/c12-10-7-9(1-2-11(10)15(16)17)14-8-3-5-13-6-4-8/h1-7H,(H,13,14). The third-order valence-corrected chi connectivity index (χ3v) is 2.11. The Morgan fingerprint density at radius 2 is 1.88 bits per heavy atom. The van der Waals surface area contributed by atoms with Gasteiger partial charge in [-0.2, -0.15) is 4.39 Å². The highest BCUT2D eigenvalue weighted by molar-refractivity contribution is 5.60. The fourth-order valence-corrected chi connectivity index (χ4v) is 1.33. The molecule has 0 radical (unpaired) electrons. The van der Waals surface area contributed by atoms with Gasteiger partial charge < -0.3 is 5.32 Å². The number of halogens is 1. The molecule has 1 aromatic heterocycles.